The van der Waals surface area contributed by atoms with Crippen LogP contribution in [0.25, 0.3) is 10.9 Å². The third-order valence-electron chi connectivity index (χ3n) is 6.67. The number of likely N-dealkylation sites (tertiary alicyclic amines) is 1. The van der Waals surface area contributed by atoms with Crippen molar-refractivity contribution in [1.29, 1.82) is 0 Å². The fourth-order valence-electron chi connectivity index (χ4n) is 5.24. The standard InChI is InChI=1S/C22H24ClN3O3/c23-20-16-6-1-2-7-18(16)24-19-10-13(8-9-17(19)20)21(27)26-14-4-3-5-15(26)12-25(11-14)22(28)29/h8-10,14-15H,1-7,11-12H2,(H,28,29). The summed E-state index contributed by atoms with van der Waals surface area (Å²) in [5, 5.41) is 11.1. The van der Waals surface area contributed by atoms with Gasteiger partial charge in [0.2, 0.25) is 0 Å². The number of hydrogen-bond donors (Lipinski definition) is 1. The molecule has 29 heavy (non-hydrogen) atoms. The van der Waals surface area contributed by atoms with Gasteiger partial charge in [0.25, 0.3) is 5.91 Å². The lowest BCUT2D eigenvalue weighted by Gasteiger charge is -2.49. The molecule has 2 atom stereocenters. The van der Waals surface area contributed by atoms with Crippen LogP contribution in [0.3, 0.4) is 0 Å². The molecule has 5 rings (SSSR count). The maximum absolute atomic E-state index is 13.4. The third-order valence-corrected chi connectivity index (χ3v) is 7.10. The molecule has 2 unspecified atom stereocenters. The number of halogens is 1. The van der Waals surface area contributed by atoms with Crippen LogP contribution in [0.5, 0.6) is 0 Å². The van der Waals surface area contributed by atoms with Crippen LogP contribution in [-0.4, -0.2) is 57.1 Å². The maximum atomic E-state index is 13.4. The Balaban J connectivity index is 1.49. The van der Waals surface area contributed by atoms with Crippen LogP contribution in [-0.2, 0) is 12.8 Å². The van der Waals surface area contributed by atoms with Crippen LogP contribution in [0.15, 0.2) is 18.2 Å². The summed E-state index contributed by atoms with van der Waals surface area (Å²) < 4.78 is 0. The fourth-order valence-corrected chi connectivity index (χ4v) is 5.61. The molecule has 2 aliphatic heterocycles. The number of nitrogens with zero attached hydrogens (tertiary/aromatic N) is 3. The Kier molecular flexibility index (Phi) is 4.62. The molecular formula is C22H24ClN3O3. The maximum Gasteiger partial charge on any atom is 0.407 e. The van der Waals surface area contributed by atoms with Crippen molar-refractivity contribution >= 4 is 34.5 Å². The van der Waals surface area contributed by atoms with Crippen LogP contribution >= 0.6 is 11.6 Å². The number of rotatable bonds is 1. The van der Waals surface area contributed by atoms with Crippen LogP contribution < -0.4 is 0 Å². The Hall–Kier alpha value is -2.34. The van der Waals surface area contributed by atoms with Crippen molar-refractivity contribution < 1.29 is 14.7 Å². The largest absolute Gasteiger partial charge is 0.465 e. The predicted molar refractivity (Wildman–Crippen MR) is 111 cm³/mol. The summed E-state index contributed by atoms with van der Waals surface area (Å²) in [4.78, 5) is 33.0. The number of amides is 2. The fraction of sp³-hybridized carbons (Fsp3) is 0.500. The van der Waals surface area contributed by atoms with Crippen LogP contribution in [0.4, 0.5) is 4.79 Å². The van der Waals surface area contributed by atoms with Gasteiger partial charge < -0.3 is 14.9 Å². The number of piperidine rings is 1. The zero-order valence-electron chi connectivity index (χ0n) is 16.2. The van der Waals surface area contributed by atoms with E-state index in [0.717, 1.165) is 72.1 Å². The molecule has 2 amide bonds. The van der Waals surface area contributed by atoms with Gasteiger partial charge in [-0.2, -0.15) is 0 Å². The molecule has 0 spiro atoms. The second kappa shape index (κ2) is 7.17. The first-order valence-corrected chi connectivity index (χ1v) is 10.8. The molecular weight excluding hydrogens is 390 g/mol. The molecule has 2 aromatic rings. The van der Waals surface area contributed by atoms with Gasteiger partial charge in [-0.15, -0.1) is 0 Å². The van der Waals surface area contributed by atoms with Crippen molar-refractivity contribution in [3.8, 4) is 0 Å². The number of carboxylic acid groups (broad SMARTS) is 1. The van der Waals surface area contributed by atoms with E-state index in [1.54, 1.807) is 0 Å². The van der Waals surface area contributed by atoms with Gasteiger partial charge in [0, 0.05) is 29.7 Å². The number of hydrogen-bond acceptors (Lipinski definition) is 3. The summed E-state index contributed by atoms with van der Waals surface area (Å²) >= 11 is 6.67. The Labute approximate surface area is 174 Å². The summed E-state index contributed by atoms with van der Waals surface area (Å²) in [5.74, 6) is -0.0257. The molecule has 1 aromatic carbocycles. The second-order valence-electron chi connectivity index (χ2n) is 8.43. The SMILES string of the molecule is O=C(O)N1CC2CCCC(C1)N2C(=O)c1ccc2c(Cl)c3c(nc2c1)CCCC3. The number of pyridine rings is 1. The highest BCUT2D eigenvalue weighted by atomic mass is 35.5. The van der Waals surface area contributed by atoms with E-state index in [2.05, 4.69) is 0 Å². The van der Waals surface area contributed by atoms with Gasteiger partial charge in [0.15, 0.2) is 0 Å². The van der Waals surface area contributed by atoms with Crippen molar-refractivity contribution in [2.75, 3.05) is 13.1 Å². The van der Waals surface area contributed by atoms with Crippen molar-refractivity contribution in [3.05, 3.63) is 40.0 Å². The van der Waals surface area contributed by atoms with Crippen LogP contribution in [0.1, 0.15) is 53.7 Å². The molecule has 2 bridgehead atoms. The number of benzene rings is 1. The Morgan fingerprint density at radius 2 is 1.79 bits per heavy atom. The van der Waals surface area contributed by atoms with Crippen molar-refractivity contribution in [2.45, 2.75) is 57.0 Å². The van der Waals surface area contributed by atoms with Gasteiger partial charge in [-0.05, 0) is 62.6 Å². The molecule has 3 heterocycles. The number of fused-ring (bicyclic) bond motifs is 4. The van der Waals surface area contributed by atoms with Crippen molar-refractivity contribution in [3.63, 3.8) is 0 Å². The molecule has 1 aliphatic carbocycles. The monoisotopic (exact) mass is 413 g/mol. The number of carbonyl (C=O) groups excluding carboxylic acids is 1. The van der Waals surface area contributed by atoms with E-state index in [9.17, 15) is 14.7 Å². The molecule has 6 nitrogen and oxygen atoms in total. The number of aryl methyl sites for hydroxylation is 1. The minimum Gasteiger partial charge on any atom is -0.465 e. The molecule has 2 saturated heterocycles. The van der Waals surface area contributed by atoms with E-state index >= 15 is 0 Å². The molecule has 7 heteroatoms. The highest BCUT2D eigenvalue weighted by molar-refractivity contribution is 6.36. The van der Waals surface area contributed by atoms with Gasteiger partial charge >= 0.3 is 6.09 Å². The minimum absolute atomic E-state index is 0.0257. The van der Waals surface area contributed by atoms with E-state index in [1.165, 1.54) is 4.90 Å². The lowest BCUT2D eigenvalue weighted by molar-refractivity contribution is 0.00245. The van der Waals surface area contributed by atoms with Gasteiger partial charge in [-0.1, -0.05) is 17.7 Å². The Morgan fingerprint density at radius 3 is 2.52 bits per heavy atom. The first-order chi connectivity index (χ1) is 14.0. The van der Waals surface area contributed by atoms with Gasteiger partial charge in [-0.25, -0.2) is 4.79 Å². The van der Waals surface area contributed by atoms with Gasteiger partial charge in [0.05, 0.1) is 22.6 Å². The quantitative estimate of drug-likeness (QED) is 0.763. The topological polar surface area (TPSA) is 73.7 Å². The van der Waals surface area contributed by atoms with Crippen LogP contribution in [0, 0.1) is 0 Å². The summed E-state index contributed by atoms with van der Waals surface area (Å²) in [5.41, 5.74) is 3.60. The van der Waals surface area contributed by atoms with Crippen LogP contribution in [0.2, 0.25) is 5.02 Å². The van der Waals surface area contributed by atoms with Gasteiger partial charge in [-0.3, -0.25) is 9.78 Å². The lowest BCUT2D eigenvalue weighted by atomic mass is 9.90. The Bertz CT molecular complexity index is 994. The smallest absolute Gasteiger partial charge is 0.407 e. The summed E-state index contributed by atoms with van der Waals surface area (Å²) in [6.07, 6.45) is 5.99. The highest BCUT2D eigenvalue weighted by Gasteiger charge is 2.41. The zero-order chi connectivity index (χ0) is 20.1. The van der Waals surface area contributed by atoms with E-state index in [4.69, 9.17) is 16.6 Å². The molecule has 0 radical (unpaired) electrons. The predicted octanol–water partition coefficient (Wildman–Crippen LogP) is 4.12. The molecule has 1 N–H and O–H groups in total. The Morgan fingerprint density at radius 1 is 1.07 bits per heavy atom. The zero-order valence-corrected chi connectivity index (χ0v) is 17.0. The number of aromatic nitrogens is 1. The van der Waals surface area contributed by atoms with Crippen molar-refractivity contribution in [1.82, 2.24) is 14.8 Å². The van der Waals surface area contributed by atoms with Gasteiger partial charge in [0.1, 0.15) is 0 Å². The first kappa shape index (κ1) is 18.7. The first-order valence-electron chi connectivity index (χ1n) is 10.4. The average molecular weight is 414 g/mol. The van der Waals surface area contributed by atoms with E-state index in [-0.39, 0.29) is 18.0 Å². The molecule has 1 aromatic heterocycles. The van der Waals surface area contributed by atoms with E-state index in [0.29, 0.717) is 18.7 Å². The lowest BCUT2D eigenvalue weighted by Crippen LogP contribution is -2.63. The number of piperazine rings is 1. The summed E-state index contributed by atoms with van der Waals surface area (Å²) in [6.45, 7) is 0.783. The van der Waals surface area contributed by atoms with E-state index in [1.807, 2.05) is 23.1 Å². The molecule has 0 saturated carbocycles. The number of carbonyl (C=O) groups is 2. The highest BCUT2D eigenvalue weighted by Crippen LogP contribution is 2.34. The third kappa shape index (κ3) is 3.14. The summed E-state index contributed by atoms with van der Waals surface area (Å²) in [7, 11) is 0. The average Bonchev–Trinajstić information content (AvgIpc) is 2.72. The summed E-state index contributed by atoms with van der Waals surface area (Å²) in [6, 6.07) is 5.50. The second-order valence-corrected chi connectivity index (χ2v) is 8.81. The molecule has 152 valence electrons. The molecule has 2 fully saturated rings. The normalized spacial score (nSPS) is 23.8. The molecule has 3 aliphatic rings. The van der Waals surface area contributed by atoms with Crippen molar-refractivity contribution in [2.24, 2.45) is 0 Å². The minimum atomic E-state index is -0.900. The van der Waals surface area contributed by atoms with E-state index < -0.39 is 6.09 Å².